The number of ether oxygens (including phenoxy) is 1. The van der Waals surface area contributed by atoms with Crippen LogP contribution in [0.4, 0.5) is 11.5 Å². The van der Waals surface area contributed by atoms with Gasteiger partial charge in [0.25, 0.3) is 11.8 Å². The molecule has 3 aromatic rings. The van der Waals surface area contributed by atoms with Crippen LogP contribution in [0.5, 0.6) is 0 Å². The van der Waals surface area contributed by atoms with Crippen molar-refractivity contribution in [2.75, 3.05) is 37.9 Å². The molecular weight excluding hydrogens is 466 g/mol. The number of nitrogens with zero attached hydrogens (tertiary/aromatic N) is 2. The van der Waals surface area contributed by atoms with Crippen molar-refractivity contribution in [2.45, 2.75) is 0 Å². The number of halogens is 1. The summed E-state index contributed by atoms with van der Waals surface area (Å²) in [5.74, 6) is -0.197. The third-order valence-electron chi connectivity index (χ3n) is 5.17. The highest BCUT2D eigenvalue weighted by atomic mass is 35.5. The van der Waals surface area contributed by atoms with E-state index in [4.69, 9.17) is 21.7 Å². The first kappa shape index (κ1) is 25.6. The van der Waals surface area contributed by atoms with Crippen molar-refractivity contribution in [2.24, 2.45) is 0 Å². The Balaban J connectivity index is 1.74. The second-order valence-electron chi connectivity index (χ2n) is 7.62. The summed E-state index contributed by atoms with van der Waals surface area (Å²) in [7, 11) is 3.41. The van der Waals surface area contributed by atoms with Gasteiger partial charge in [0.05, 0.1) is 17.9 Å². The molecule has 0 saturated heterocycles. The van der Waals surface area contributed by atoms with Crippen molar-refractivity contribution in [3.63, 3.8) is 0 Å². The molecule has 0 aliphatic carbocycles. The molecule has 8 nitrogen and oxygen atoms in total. The SMILES string of the molecule is C=Cc1ccc(NC(=O)c2cc(Cl)ccc2NC(=O)c2ccc(C(=N)N(C)CCOC)cc2)nc1. The van der Waals surface area contributed by atoms with Gasteiger partial charge in [-0.3, -0.25) is 15.0 Å². The summed E-state index contributed by atoms with van der Waals surface area (Å²) in [5, 5.41) is 14.1. The maximum Gasteiger partial charge on any atom is 0.258 e. The highest BCUT2D eigenvalue weighted by Crippen LogP contribution is 2.23. The van der Waals surface area contributed by atoms with Crippen LogP contribution in [-0.2, 0) is 4.74 Å². The number of aromatic nitrogens is 1. The fourth-order valence-corrected chi connectivity index (χ4v) is 3.30. The number of carbonyl (C=O) groups is 2. The first-order valence-corrected chi connectivity index (χ1v) is 11.1. The minimum absolute atomic E-state index is 0.193. The summed E-state index contributed by atoms with van der Waals surface area (Å²) in [6, 6.07) is 14.7. The Morgan fingerprint density at radius 3 is 2.43 bits per heavy atom. The fourth-order valence-electron chi connectivity index (χ4n) is 3.13. The highest BCUT2D eigenvalue weighted by molar-refractivity contribution is 6.31. The Hall–Kier alpha value is -4.01. The zero-order valence-corrected chi connectivity index (χ0v) is 20.2. The van der Waals surface area contributed by atoms with Gasteiger partial charge in [-0.1, -0.05) is 36.4 Å². The number of rotatable bonds is 9. The zero-order valence-electron chi connectivity index (χ0n) is 19.5. The summed E-state index contributed by atoms with van der Waals surface area (Å²) < 4.78 is 5.05. The molecule has 0 saturated carbocycles. The first-order valence-electron chi connectivity index (χ1n) is 10.7. The van der Waals surface area contributed by atoms with E-state index in [1.54, 1.807) is 79.9 Å². The lowest BCUT2D eigenvalue weighted by atomic mass is 10.1. The summed E-state index contributed by atoms with van der Waals surface area (Å²) in [4.78, 5) is 31.7. The van der Waals surface area contributed by atoms with Crippen LogP contribution >= 0.6 is 11.6 Å². The summed E-state index contributed by atoms with van der Waals surface area (Å²) >= 11 is 6.11. The highest BCUT2D eigenvalue weighted by Gasteiger charge is 2.17. The van der Waals surface area contributed by atoms with Crippen LogP contribution in [0.1, 0.15) is 31.8 Å². The molecule has 0 spiro atoms. The largest absolute Gasteiger partial charge is 0.383 e. The van der Waals surface area contributed by atoms with Crippen molar-refractivity contribution < 1.29 is 14.3 Å². The van der Waals surface area contributed by atoms with Gasteiger partial charge >= 0.3 is 0 Å². The average Bonchev–Trinajstić information content (AvgIpc) is 2.88. The van der Waals surface area contributed by atoms with Crippen LogP contribution < -0.4 is 10.6 Å². The molecule has 1 aromatic heterocycles. The van der Waals surface area contributed by atoms with Crippen LogP contribution in [0.25, 0.3) is 6.08 Å². The van der Waals surface area contributed by atoms with E-state index in [0.717, 1.165) is 5.56 Å². The third kappa shape index (κ3) is 6.75. The number of hydrogen-bond donors (Lipinski definition) is 3. The molecule has 180 valence electrons. The van der Waals surface area contributed by atoms with E-state index in [-0.39, 0.29) is 5.56 Å². The lowest BCUT2D eigenvalue weighted by molar-refractivity contribution is 0.102. The molecule has 0 radical (unpaired) electrons. The van der Waals surface area contributed by atoms with Crippen LogP contribution in [0, 0.1) is 5.41 Å². The number of likely N-dealkylation sites (N-methyl/N-ethyl adjacent to an activating group) is 1. The van der Waals surface area contributed by atoms with E-state index in [1.807, 2.05) is 0 Å². The molecule has 3 rings (SSSR count). The van der Waals surface area contributed by atoms with E-state index in [9.17, 15) is 9.59 Å². The van der Waals surface area contributed by atoms with Crippen molar-refractivity contribution in [3.8, 4) is 0 Å². The van der Waals surface area contributed by atoms with Crippen molar-refractivity contribution >= 4 is 46.8 Å². The quantitative estimate of drug-likeness (QED) is 0.295. The monoisotopic (exact) mass is 491 g/mol. The van der Waals surface area contributed by atoms with Crippen molar-refractivity contribution in [3.05, 3.63) is 94.6 Å². The minimum Gasteiger partial charge on any atom is -0.383 e. The van der Waals surface area contributed by atoms with Gasteiger partial charge in [-0.25, -0.2) is 4.98 Å². The van der Waals surface area contributed by atoms with Gasteiger partial charge in [-0.05, 0) is 48.0 Å². The Labute approximate surface area is 209 Å². The fraction of sp³-hybridized carbons (Fsp3) is 0.154. The van der Waals surface area contributed by atoms with Gasteiger partial charge in [-0.2, -0.15) is 0 Å². The summed E-state index contributed by atoms with van der Waals surface area (Å²) in [5.41, 5.74) is 2.36. The normalized spacial score (nSPS) is 10.4. The Morgan fingerprint density at radius 1 is 1.09 bits per heavy atom. The van der Waals surface area contributed by atoms with Gasteiger partial charge in [0.15, 0.2) is 0 Å². The topological polar surface area (TPSA) is 107 Å². The number of hydrogen-bond acceptors (Lipinski definition) is 5. The van der Waals surface area contributed by atoms with Crippen LogP contribution in [-0.4, -0.2) is 54.8 Å². The second-order valence-corrected chi connectivity index (χ2v) is 8.06. The molecule has 0 fully saturated rings. The predicted octanol–water partition coefficient (Wildman–Crippen LogP) is 4.79. The number of benzene rings is 2. The molecule has 0 aliphatic heterocycles. The standard InChI is InChI=1S/C26H26ClN5O3/c1-4-17-5-12-23(29-16-17)31-26(34)21-15-20(27)10-11-22(21)30-25(33)19-8-6-18(7-9-19)24(28)32(2)13-14-35-3/h4-12,15-16,28H,1,13-14H2,2-3H3,(H,30,33)(H,29,31,34). The number of nitrogens with one attached hydrogen (secondary N) is 3. The van der Waals surface area contributed by atoms with Crippen LogP contribution in [0.3, 0.4) is 0 Å². The summed E-state index contributed by atoms with van der Waals surface area (Å²) in [6.07, 6.45) is 3.24. The van der Waals surface area contributed by atoms with Gasteiger partial charge < -0.3 is 20.3 Å². The Kier molecular flexibility index (Phi) is 8.72. The van der Waals surface area contributed by atoms with Gasteiger partial charge in [-0.15, -0.1) is 0 Å². The average molecular weight is 492 g/mol. The summed E-state index contributed by atoms with van der Waals surface area (Å²) in [6.45, 7) is 4.76. The predicted molar refractivity (Wildman–Crippen MR) is 139 cm³/mol. The lowest BCUT2D eigenvalue weighted by Gasteiger charge is -2.19. The van der Waals surface area contributed by atoms with Gasteiger partial charge in [0.1, 0.15) is 11.7 Å². The smallest absolute Gasteiger partial charge is 0.258 e. The minimum atomic E-state index is -0.468. The second kappa shape index (κ2) is 11.9. The van der Waals surface area contributed by atoms with Crippen molar-refractivity contribution in [1.82, 2.24) is 9.88 Å². The number of methoxy groups -OCH3 is 1. The third-order valence-corrected chi connectivity index (χ3v) is 5.41. The number of pyridine rings is 1. The van der Waals surface area contributed by atoms with E-state index >= 15 is 0 Å². The molecule has 3 N–H and O–H groups in total. The zero-order chi connectivity index (χ0) is 25.4. The molecule has 2 aromatic carbocycles. The Bertz CT molecular complexity index is 1230. The van der Waals surface area contributed by atoms with Gasteiger partial charge in [0, 0.05) is 43.0 Å². The molecule has 0 atom stereocenters. The maximum atomic E-state index is 12.9. The molecule has 9 heteroatoms. The van der Waals surface area contributed by atoms with Gasteiger partial charge in [0.2, 0.25) is 0 Å². The number of anilines is 2. The molecular formula is C26H26ClN5O3. The van der Waals surface area contributed by atoms with E-state index in [2.05, 4.69) is 22.2 Å². The number of amidine groups is 1. The molecule has 0 bridgehead atoms. The van der Waals surface area contributed by atoms with E-state index in [1.165, 1.54) is 6.07 Å². The molecule has 0 unspecified atom stereocenters. The molecule has 35 heavy (non-hydrogen) atoms. The maximum absolute atomic E-state index is 12.9. The molecule has 0 aliphatic rings. The number of amides is 2. The van der Waals surface area contributed by atoms with E-state index < -0.39 is 11.8 Å². The van der Waals surface area contributed by atoms with E-state index in [0.29, 0.717) is 46.6 Å². The van der Waals surface area contributed by atoms with Crippen molar-refractivity contribution in [1.29, 1.82) is 5.41 Å². The Morgan fingerprint density at radius 2 is 1.80 bits per heavy atom. The van der Waals surface area contributed by atoms with Crippen LogP contribution in [0.15, 0.2) is 67.4 Å². The number of carbonyl (C=O) groups excluding carboxylic acids is 2. The lowest BCUT2D eigenvalue weighted by Crippen LogP contribution is -2.30. The molecule has 2 amide bonds. The van der Waals surface area contributed by atoms with Crippen LogP contribution in [0.2, 0.25) is 5.02 Å². The first-order chi connectivity index (χ1) is 16.8. The molecule has 1 heterocycles.